The Labute approximate surface area is 157 Å². The first-order valence-corrected chi connectivity index (χ1v) is 9.33. The molecule has 5 heteroatoms. The van der Waals surface area contributed by atoms with Crippen LogP contribution in [0.25, 0.3) is 22.3 Å². The fourth-order valence-electron chi connectivity index (χ4n) is 4.28. The van der Waals surface area contributed by atoms with Gasteiger partial charge in [-0.05, 0) is 80.8 Å². The Hall–Kier alpha value is -2.53. The van der Waals surface area contributed by atoms with Gasteiger partial charge in [-0.3, -0.25) is 4.79 Å². The molecule has 1 atom stereocenters. The third-order valence-electron chi connectivity index (χ3n) is 5.85. The van der Waals surface area contributed by atoms with Gasteiger partial charge in [-0.15, -0.1) is 0 Å². The van der Waals surface area contributed by atoms with Crippen molar-refractivity contribution < 1.29 is 9.50 Å². The number of H-pyrrole nitrogens is 1. The highest BCUT2D eigenvalue weighted by molar-refractivity contribution is 5.91. The van der Waals surface area contributed by atoms with E-state index < -0.39 is 6.10 Å². The highest BCUT2D eigenvalue weighted by atomic mass is 19.1. The summed E-state index contributed by atoms with van der Waals surface area (Å²) >= 11 is 0. The van der Waals surface area contributed by atoms with E-state index in [0.29, 0.717) is 33.6 Å². The van der Waals surface area contributed by atoms with Crippen molar-refractivity contribution in [3.8, 4) is 11.4 Å². The van der Waals surface area contributed by atoms with Gasteiger partial charge in [-0.2, -0.15) is 0 Å². The molecule has 4 rings (SSSR count). The number of hydrogen-bond donors (Lipinski definition) is 2. The Morgan fingerprint density at radius 3 is 2.44 bits per heavy atom. The number of aliphatic hydroxyl groups excluding tert-OH is 1. The second-order valence-electron chi connectivity index (χ2n) is 7.54. The lowest BCUT2D eigenvalue weighted by Gasteiger charge is -2.23. The van der Waals surface area contributed by atoms with Crippen LogP contribution in [-0.2, 0) is 12.8 Å². The van der Waals surface area contributed by atoms with E-state index in [9.17, 15) is 14.3 Å². The molecule has 4 nitrogen and oxygen atoms in total. The van der Waals surface area contributed by atoms with E-state index >= 15 is 0 Å². The molecule has 0 aliphatic heterocycles. The summed E-state index contributed by atoms with van der Waals surface area (Å²) in [6, 6.07) is 3.28. The van der Waals surface area contributed by atoms with Gasteiger partial charge in [0.1, 0.15) is 5.82 Å². The third-order valence-corrected chi connectivity index (χ3v) is 5.85. The van der Waals surface area contributed by atoms with Gasteiger partial charge < -0.3 is 10.1 Å². The summed E-state index contributed by atoms with van der Waals surface area (Å²) in [4.78, 5) is 20.0. The number of hydrogen-bond acceptors (Lipinski definition) is 3. The molecule has 0 bridgehead atoms. The maximum Gasteiger partial charge on any atom is 0.251 e. The monoisotopic (exact) mass is 366 g/mol. The van der Waals surface area contributed by atoms with Crippen LogP contribution in [-0.4, -0.2) is 15.1 Å². The maximum absolute atomic E-state index is 14.4. The predicted octanol–water partition coefficient (Wildman–Crippen LogP) is 4.20. The van der Waals surface area contributed by atoms with Crippen molar-refractivity contribution >= 4 is 10.9 Å². The van der Waals surface area contributed by atoms with E-state index in [1.54, 1.807) is 19.9 Å². The third kappa shape index (κ3) is 2.69. The van der Waals surface area contributed by atoms with Crippen LogP contribution < -0.4 is 5.56 Å². The van der Waals surface area contributed by atoms with Crippen LogP contribution in [0.15, 0.2) is 16.9 Å². The van der Waals surface area contributed by atoms with E-state index in [1.807, 2.05) is 13.8 Å². The second kappa shape index (κ2) is 6.27. The molecule has 1 aromatic carbocycles. The van der Waals surface area contributed by atoms with Crippen molar-refractivity contribution in [1.82, 2.24) is 9.97 Å². The van der Waals surface area contributed by atoms with E-state index in [2.05, 4.69) is 4.98 Å². The fourth-order valence-corrected chi connectivity index (χ4v) is 4.28. The Kier molecular flexibility index (Phi) is 4.15. The molecule has 140 valence electrons. The number of nitrogens with one attached hydrogen (secondary N) is 1. The van der Waals surface area contributed by atoms with Crippen molar-refractivity contribution in [2.75, 3.05) is 0 Å². The number of halogens is 1. The summed E-state index contributed by atoms with van der Waals surface area (Å²) in [5.41, 5.74) is 6.62. The first kappa shape index (κ1) is 17.9. The number of benzene rings is 1. The number of aromatic nitrogens is 2. The van der Waals surface area contributed by atoms with Crippen LogP contribution >= 0.6 is 0 Å². The Morgan fingerprint density at radius 2 is 1.78 bits per heavy atom. The van der Waals surface area contributed by atoms with Gasteiger partial charge in [0, 0.05) is 17.0 Å². The molecule has 1 aliphatic rings. The highest BCUT2D eigenvalue weighted by Crippen LogP contribution is 2.37. The van der Waals surface area contributed by atoms with Crippen molar-refractivity contribution in [3.63, 3.8) is 0 Å². The van der Waals surface area contributed by atoms with Crippen molar-refractivity contribution in [1.29, 1.82) is 0 Å². The van der Waals surface area contributed by atoms with Gasteiger partial charge in [-0.25, -0.2) is 9.37 Å². The van der Waals surface area contributed by atoms with Gasteiger partial charge in [-0.1, -0.05) is 0 Å². The van der Waals surface area contributed by atoms with E-state index in [-0.39, 0.29) is 11.4 Å². The zero-order chi connectivity index (χ0) is 19.5. The average molecular weight is 366 g/mol. The fraction of sp³-hybridized carbons (Fsp3) is 0.364. The first-order chi connectivity index (χ1) is 12.8. The molecule has 0 saturated carbocycles. The van der Waals surface area contributed by atoms with Crippen LogP contribution in [0.4, 0.5) is 4.39 Å². The van der Waals surface area contributed by atoms with Crippen molar-refractivity contribution in [2.45, 2.75) is 53.1 Å². The summed E-state index contributed by atoms with van der Waals surface area (Å²) in [7, 11) is 0. The number of aliphatic hydroxyl groups is 1. The summed E-state index contributed by atoms with van der Waals surface area (Å²) in [5.74, 6) is -0.241. The van der Waals surface area contributed by atoms with Gasteiger partial charge in [0.15, 0.2) is 0 Å². The second-order valence-corrected chi connectivity index (χ2v) is 7.54. The van der Waals surface area contributed by atoms with Crippen LogP contribution in [0.1, 0.15) is 52.8 Å². The van der Waals surface area contributed by atoms with Gasteiger partial charge in [0.05, 0.1) is 23.0 Å². The lowest BCUT2D eigenvalue weighted by Crippen LogP contribution is -2.16. The summed E-state index contributed by atoms with van der Waals surface area (Å²) in [5, 5.41) is 11.1. The van der Waals surface area contributed by atoms with Crippen molar-refractivity contribution in [2.24, 2.45) is 0 Å². The molecule has 2 heterocycles. The average Bonchev–Trinajstić information content (AvgIpc) is 2.63. The smallest absolute Gasteiger partial charge is 0.251 e. The topological polar surface area (TPSA) is 66.0 Å². The Bertz CT molecular complexity index is 1150. The van der Waals surface area contributed by atoms with Crippen LogP contribution in [0.5, 0.6) is 0 Å². The van der Waals surface area contributed by atoms with E-state index in [1.165, 1.54) is 11.6 Å². The SMILES string of the molecule is Cc1c(F)cc2nc(-c3cc(C(C)O)c(C)c(=O)[nH]3)c(C)c3c2c1CCC3. The quantitative estimate of drug-likeness (QED) is 0.714. The standard InChI is InChI=1S/C22H23FN2O2/c1-10-14-6-5-7-15-11(2)21(24-18(20(14)15)9-17(10)23)19-8-16(13(4)26)12(3)22(27)25-19/h8-9,13,26H,5-7H2,1-4H3,(H,25,27). The summed E-state index contributed by atoms with van der Waals surface area (Å²) < 4.78 is 14.4. The van der Waals surface area contributed by atoms with Gasteiger partial charge in [0.2, 0.25) is 0 Å². The van der Waals surface area contributed by atoms with Gasteiger partial charge >= 0.3 is 0 Å². The van der Waals surface area contributed by atoms with Crippen molar-refractivity contribution in [3.05, 3.63) is 61.7 Å². The number of pyridine rings is 2. The molecule has 1 aliphatic carbocycles. The van der Waals surface area contributed by atoms with Crippen LogP contribution in [0.2, 0.25) is 0 Å². The number of aromatic amines is 1. The van der Waals surface area contributed by atoms with E-state index in [0.717, 1.165) is 35.8 Å². The summed E-state index contributed by atoms with van der Waals surface area (Å²) in [6.07, 6.45) is 1.99. The van der Waals surface area contributed by atoms with Crippen LogP contribution in [0, 0.1) is 26.6 Å². The minimum Gasteiger partial charge on any atom is -0.389 e. The predicted molar refractivity (Wildman–Crippen MR) is 105 cm³/mol. The number of nitrogens with zero attached hydrogens (tertiary/aromatic N) is 1. The molecule has 27 heavy (non-hydrogen) atoms. The molecule has 0 amide bonds. The molecular weight excluding hydrogens is 343 g/mol. The normalized spacial score (nSPS) is 14.6. The molecule has 0 fully saturated rings. The Morgan fingerprint density at radius 1 is 1.11 bits per heavy atom. The minimum atomic E-state index is -0.753. The Balaban J connectivity index is 2.07. The molecule has 0 spiro atoms. The minimum absolute atomic E-state index is 0.241. The highest BCUT2D eigenvalue weighted by Gasteiger charge is 2.23. The molecule has 3 aromatic rings. The number of aryl methyl sites for hydroxylation is 2. The molecular formula is C22H23FN2O2. The zero-order valence-corrected chi connectivity index (χ0v) is 16.0. The van der Waals surface area contributed by atoms with Crippen LogP contribution in [0.3, 0.4) is 0 Å². The molecule has 2 aromatic heterocycles. The molecule has 0 saturated heterocycles. The molecule has 2 N–H and O–H groups in total. The largest absolute Gasteiger partial charge is 0.389 e. The van der Waals surface area contributed by atoms with Gasteiger partial charge in [0.25, 0.3) is 5.56 Å². The van der Waals surface area contributed by atoms with E-state index in [4.69, 9.17) is 4.98 Å². The zero-order valence-electron chi connectivity index (χ0n) is 16.0. The lowest BCUT2D eigenvalue weighted by molar-refractivity contribution is 0.198. The lowest BCUT2D eigenvalue weighted by atomic mass is 9.84. The molecule has 0 radical (unpaired) electrons. The first-order valence-electron chi connectivity index (χ1n) is 9.33. The number of rotatable bonds is 2. The maximum atomic E-state index is 14.4. The summed E-state index contributed by atoms with van der Waals surface area (Å²) in [6.45, 7) is 7.17. The molecule has 1 unspecified atom stereocenters.